The van der Waals surface area contributed by atoms with Crippen molar-refractivity contribution in [2.24, 2.45) is 0 Å². The van der Waals surface area contributed by atoms with E-state index in [9.17, 15) is 18.4 Å². The van der Waals surface area contributed by atoms with Gasteiger partial charge in [-0.1, -0.05) is 35.4 Å². The second-order valence-electron chi connectivity index (χ2n) is 15.5. The van der Waals surface area contributed by atoms with Gasteiger partial charge >= 0.3 is 0 Å². The van der Waals surface area contributed by atoms with Crippen LogP contribution in [-0.2, 0) is 25.5 Å². The van der Waals surface area contributed by atoms with Gasteiger partial charge in [0.2, 0.25) is 5.24 Å². The minimum absolute atomic E-state index is 0. The van der Waals surface area contributed by atoms with Crippen molar-refractivity contribution >= 4 is 109 Å². The quantitative estimate of drug-likeness (QED) is 0.0253. The number of hydrogen-bond donors (Lipinski definition) is 3. The fraction of sp³-hybridized carbons (Fsp3) is 0.306. The number of likely N-dealkylation sites (N-methyl/N-ethyl adjacent to an activating group) is 2. The summed E-state index contributed by atoms with van der Waals surface area (Å²) in [4.78, 5) is 43.8. The molecule has 0 radical (unpaired) electrons. The van der Waals surface area contributed by atoms with Crippen molar-refractivity contribution in [1.82, 2.24) is 29.7 Å². The van der Waals surface area contributed by atoms with Crippen molar-refractivity contribution in [3.05, 3.63) is 125 Å². The number of anilines is 5. The van der Waals surface area contributed by atoms with E-state index in [-0.39, 0.29) is 34.7 Å². The highest BCUT2D eigenvalue weighted by atomic mass is 35.5. The molecule has 0 aliphatic carbocycles. The summed E-state index contributed by atoms with van der Waals surface area (Å²) >= 11 is 16.8. The van der Waals surface area contributed by atoms with Gasteiger partial charge in [0.1, 0.15) is 47.4 Å². The van der Waals surface area contributed by atoms with Crippen molar-refractivity contribution < 1.29 is 37.3 Å². The molecule has 70 heavy (non-hydrogen) atoms. The molecule has 4 aromatic carbocycles. The van der Waals surface area contributed by atoms with Crippen LogP contribution in [0.2, 0.25) is 10.0 Å². The SMILES string of the molecule is CN(C)C/C=C/C(=O)Cl.COCCCOc1cc2ncnc(Nc3ccc(F)c(Cl)c3)c2cc1CC(=O)/C=C/CN(C)C.COCCCOc1cc2ncnc(Nc3ccc(F)c(Cl)c3)c2cc1N.Cl. The minimum atomic E-state index is -0.502. The fourth-order valence-electron chi connectivity index (χ4n) is 6.02. The van der Waals surface area contributed by atoms with Crippen LogP contribution >= 0.6 is 47.2 Å². The highest BCUT2D eigenvalue weighted by molar-refractivity contribution is 6.66. The van der Waals surface area contributed by atoms with E-state index in [2.05, 4.69) is 30.6 Å². The summed E-state index contributed by atoms with van der Waals surface area (Å²) in [6.07, 6.45) is 11.0. The van der Waals surface area contributed by atoms with Crippen LogP contribution in [0.4, 0.5) is 37.5 Å². The van der Waals surface area contributed by atoms with Gasteiger partial charge < -0.3 is 45.1 Å². The lowest BCUT2D eigenvalue weighted by Gasteiger charge is -2.14. The van der Waals surface area contributed by atoms with Gasteiger partial charge in [0.05, 0.1) is 40.0 Å². The fourth-order valence-corrected chi connectivity index (χ4v) is 6.47. The van der Waals surface area contributed by atoms with Crippen molar-refractivity contribution in [3.8, 4) is 11.5 Å². The maximum atomic E-state index is 13.5. The molecule has 0 fully saturated rings. The van der Waals surface area contributed by atoms with E-state index < -0.39 is 16.9 Å². The third-order valence-electron chi connectivity index (χ3n) is 9.31. The third kappa shape index (κ3) is 19.9. The van der Waals surface area contributed by atoms with Crippen LogP contribution in [0, 0.1) is 11.6 Å². The molecule has 0 saturated heterocycles. The molecule has 0 aliphatic heterocycles. The molecule has 0 atom stereocenters. The van der Waals surface area contributed by atoms with Gasteiger partial charge in [0.15, 0.2) is 5.78 Å². The van der Waals surface area contributed by atoms with Crippen LogP contribution in [0.15, 0.2) is 97.6 Å². The number of aromatic nitrogens is 4. The van der Waals surface area contributed by atoms with Crippen LogP contribution in [0.1, 0.15) is 18.4 Å². The second-order valence-corrected chi connectivity index (χ2v) is 16.7. The highest BCUT2D eigenvalue weighted by Gasteiger charge is 2.15. The lowest BCUT2D eigenvalue weighted by molar-refractivity contribution is -0.114. The van der Waals surface area contributed by atoms with Gasteiger partial charge in [-0.15, -0.1) is 12.4 Å². The molecule has 6 rings (SSSR count). The molecular weight excluding hydrogens is 990 g/mol. The third-order valence-corrected chi connectivity index (χ3v) is 10.0. The first kappa shape index (κ1) is 58.6. The van der Waals surface area contributed by atoms with E-state index in [1.54, 1.807) is 56.7 Å². The number of fused-ring (bicyclic) bond motifs is 2. The first-order valence-corrected chi connectivity index (χ1v) is 22.6. The normalized spacial score (nSPS) is 11.0. The zero-order valence-electron chi connectivity index (χ0n) is 39.6. The van der Waals surface area contributed by atoms with Crippen LogP contribution in [-0.4, -0.2) is 123 Å². The standard InChI is InChI=1S/C25H28ClFN4O3.C18H18ClFN4O2.C6H10ClNO.ClH/c1-31(2)9-4-6-19(32)12-17-13-20-23(15-24(17)34-11-5-10-33-3)28-16-29-25(20)30-18-7-8-22(27)21(26)14-18;1-25-5-2-6-26-17-9-16-12(8-15(17)21)18(23-10-22-16)24-11-3-4-14(20)13(19)7-11;1-8(2)5-3-4-6(7)9;/h4,6-8,13-16H,5,9-12H2,1-3H3,(H,28,29,30);3-4,7-10H,2,5-6,21H2,1H3,(H,22,23,24);3-4H,5H2,1-2H3;1H/b6-4+;;4-3+;. The van der Waals surface area contributed by atoms with Gasteiger partial charge in [-0.2, -0.15) is 0 Å². The first-order valence-electron chi connectivity index (χ1n) is 21.4. The number of nitrogen functional groups attached to an aromatic ring is 1. The Balaban J connectivity index is 0.000000318. The highest BCUT2D eigenvalue weighted by Crippen LogP contribution is 2.33. The summed E-state index contributed by atoms with van der Waals surface area (Å²) in [5.74, 6) is 1.17. The average Bonchev–Trinajstić information content (AvgIpc) is 3.30. The number of allylic oxidation sites excluding steroid dienone is 2. The van der Waals surface area contributed by atoms with Crippen LogP contribution in [0.25, 0.3) is 21.8 Å². The topological polar surface area (TPSA) is 179 Å². The van der Waals surface area contributed by atoms with Gasteiger partial charge in [-0.25, -0.2) is 28.7 Å². The Bertz CT molecular complexity index is 2700. The number of nitrogens with two attached hydrogens (primary N) is 1. The van der Waals surface area contributed by atoms with Crippen molar-refractivity contribution in [1.29, 1.82) is 0 Å². The summed E-state index contributed by atoms with van der Waals surface area (Å²) in [7, 11) is 11.0. The van der Waals surface area contributed by atoms with Crippen LogP contribution in [0.5, 0.6) is 11.5 Å². The Morgan fingerprint density at radius 3 is 1.61 bits per heavy atom. The van der Waals surface area contributed by atoms with Crippen molar-refractivity contribution in [3.63, 3.8) is 0 Å². The lowest BCUT2D eigenvalue weighted by atomic mass is 10.0. The number of hydrogen-bond acceptors (Lipinski definition) is 15. The summed E-state index contributed by atoms with van der Waals surface area (Å²) in [5.41, 5.74) is 9.80. The van der Waals surface area contributed by atoms with E-state index in [0.717, 1.165) is 23.9 Å². The van der Waals surface area contributed by atoms with Crippen molar-refractivity contribution in [2.75, 3.05) is 98.3 Å². The summed E-state index contributed by atoms with van der Waals surface area (Å²) in [5, 5.41) is 7.30. The van der Waals surface area contributed by atoms with Gasteiger partial charge in [0, 0.05) is 99.6 Å². The number of halogens is 6. The number of methoxy groups -OCH3 is 2. The number of carbonyl (C=O) groups is 2. The molecule has 15 nitrogen and oxygen atoms in total. The largest absolute Gasteiger partial charge is 0.493 e. The Morgan fingerprint density at radius 2 is 1.14 bits per heavy atom. The predicted octanol–water partition coefficient (Wildman–Crippen LogP) is 10.3. The lowest BCUT2D eigenvalue weighted by Crippen LogP contribution is -2.11. The molecule has 4 N–H and O–H groups in total. The number of rotatable bonds is 22. The molecule has 0 saturated carbocycles. The molecule has 0 bridgehead atoms. The minimum Gasteiger partial charge on any atom is -0.493 e. The van der Waals surface area contributed by atoms with Crippen molar-refractivity contribution in [2.45, 2.75) is 19.3 Å². The number of carbonyl (C=O) groups excluding carboxylic acids is 2. The predicted molar refractivity (Wildman–Crippen MR) is 279 cm³/mol. The summed E-state index contributed by atoms with van der Waals surface area (Å²) in [6, 6.07) is 15.9. The first-order chi connectivity index (χ1) is 33.1. The maximum Gasteiger partial charge on any atom is 0.244 e. The molecule has 0 aliphatic rings. The molecule has 0 amide bonds. The van der Waals surface area contributed by atoms with Gasteiger partial charge in [0.25, 0.3) is 0 Å². The second kappa shape index (κ2) is 30.8. The molecule has 2 heterocycles. The molecule has 0 spiro atoms. The number of benzene rings is 4. The molecule has 2 aromatic heterocycles. The Labute approximate surface area is 427 Å². The van der Waals surface area contributed by atoms with Gasteiger partial charge in [-0.3, -0.25) is 9.59 Å². The Morgan fingerprint density at radius 1 is 0.671 bits per heavy atom. The Hall–Kier alpha value is -5.76. The summed E-state index contributed by atoms with van der Waals surface area (Å²) < 4.78 is 48.6. The molecule has 376 valence electrons. The molecule has 0 unspecified atom stereocenters. The molecule has 21 heteroatoms. The number of ketones is 1. The van der Waals surface area contributed by atoms with E-state index in [1.807, 2.05) is 50.1 Å². The zero-order valence-corrected chi connectivity index (χ0v) is 42.7. The molecule has 6 aromatic rings. The number of nitrogens with one attached hydrogen (secondary N) is 2. The summed E-state index contributed by atoms with van der Waals surface area (Å²) in [6.45, 7) is 3.55. The average molecular weight is 1050 g/mol. The van der Waals surface area contributed by atoms with E-state index in [0.29, 0.717) is 96.0 Å². The zero-order chi connectivity index (χ0) is 50.3. The smallest absolute Gasteiger partial charge is 0.244 e. The molecular formula is C49H57Cl4F2N9O6. The van der Waals surface area contributed by atoms with E-state index >= 15 is 0 Å². The monoisotopic (exact) mass is 1050 g/mol. The van der Waals surface area contributed by atoms with Crippen LogP contribution < -0.4 is 25.8 Å². The van der Waals surface area contributed by atoms with E-state index in [1.165, 1.54) is 43.0 Å². The van der Waals surface area contributed by atoms with E-state index in [4.69, 9.17) is 59.5 Å². The Kier molecular flexibility index (Phi) is 25.7. The van der Waals surface area contributed by atoms with Crippen LogP contribution in [0.3, 0.4) is 0 Å². The number of ether oxygens (including phenoxy) is 4. The number of nitrogens with zero attached hydrogens (tertiary/aromatic N) is 6. The maximum absolute atomic E-state index is 13.5. The van der Waals surface area contributed by atoms with Gasteiger partial charge in [-0.05, 0) is 100 Å².